The number of hydrogen-bond acceptors (Lipinski definition) is 5. The quantitative estimate of drug-likeness (QED) is 0.178. The maximum absolute atomic E-state index is 14.5. The Bertz CT molecular complexity index is 1640. The van der Waals surface area contributed by atoms with Crippen molar-refractivity contribution in [2.24, 2.45) is 0 Å². The normalized spacial score (nSPS) is 15.4. The van der Waals surface area contributed by atoms with E-state index in [0.29, 0.717) is 37.0 Å². The first-order valence-electron chi connectivity index (χ1n) is 15.6. The number of benzene rings is 2. The Hall–Kier alpha value is -3.82. The minimum atomic E-state index is -2.32. The van der Waals surface area contributed by atoms with E-state index in [-0.39, 0.29) is 23.4 Å². The van der Waals surface area contributed by atoms with Gasteiger partial charge in [0.25, 0.3) is 5.91 Å². The van der Waals surface area contributed by atoms with Crippen LogP contribution in [0, 0.1) is 5.82 Å². The number of hydrogen-bond donors (Lipinski definition) is 1. The third-order valence-electron chi connectivity index (χ3n) is 9.49. The number of rotatable bonds is 11. The molecule has 2 aromatic carbocycles. The Balaban J connectivity index is 1.23. The van der Waals surface area contributed by atoms with Gasteiger partial charge in [0, 0.05) is 36.6 Å². The lowest BCUT2D eigenvalue weighted by Gasteiger charge is -2.36. The van der Waals surface area contributed by atoms with Crippen LogP contribution in [0.2, 0.25) is 18.1 Å². The highest BCUT2D eigenvalue weighted by molar-refractivity contribution is 6.72. The SMILES string of the molecule is CC(C)(CCCN1CCn2nc(-c3ccncc3)c(-c3ccc(OCc4ccc(C5CC5)c(F)c4)cc3)c2C1=O)[Si](C)(C)O. The Morgan fingerprint density at radius 1 is 1.02 bits per heavy atom. The highest BCUT2D eigenvalue weighted by Gasteiger charge is 2.38. The molecule has 1 saturated carbocycles. The number of aromatic nitrogens is 3. The summed E-state index contributed by atoms with van der Waals surface area (Å²) >= 11 is 0. The van der Waals surface area contributed by atoms with Gasteiger partial charge in [-0.25, -0.2) is 4.39 Å². The fourth-order valence-corrected chi connectivity index (χ4v) is 6.58. The number of carbonyl (C=O) groups excluding carboxylic acids is 1. The molecular weight excluding hydrogens is 571 g/mol. The van der Waals surface area contributed by atoms with Crippen LogP contribution in [0.3, 0.4) is 0 Å². The lowest BCUT2D eigenvalue weighted by Crippen LogP contribution is -2.42. The molecule has 0 unspecified atom stereocenters. The van der Waals surface area contributed by atoms with Gasteiger partial charge in [-0.15, -0.1) is 0 Å². The lowest BCUT2D eigenvalue weighted by molar-refractivity contribution is 0.0694. The summed E-state index contributed by atoms with van der Waals surface area (Å²) in [5.74, 6) is 0.850. The van der Waals surface area contributed by atoms with Gasteiger partial charge >= 0.3 is 0 Å². The number of pyridine rings is 1. The van der Waals surface area contributed by atoms with Gasteiger partial charge in [0.1, 0.15) is 29.6 Å². The van der Waals surface area contributed by atoms with Crippen molar-refractivity contribution in [2.45, 2.75) is 76.7 Å². The van der Waals surface area contributed by atoms with Crippen LogP contribution in [0.1, 0.15) is 67.1 Å². The Morgan fingerprint density at radius 2 is 1.75 bits per heavy atom. The molecule has 1 N–H and O–H groups in total. The summed E-state index contributed by atoms with van der Waals surface area (Å²) in [5, 5.41) is 4.78. The van der Waals surface area contributed by atoms with Crippen molar-refractivity contribution in [3.8, 4) is 28.1 Å². The largest absolute Gasteiger partial charge is 0.489 e. The lowest BCUT2D eigenvalue weighted by atomic mass is 9.98. The summed E-state index contributed by atoms with van der Waals surface area (Å²) in [5.41, 5.74) is 5.48. The number of nitrogens with zero attached hydrogens (tertiary/aromatic N) is 4. The predicted octanol–water partition coefficient (Wildman–Crippen LogP) is 7.42. The van der Waals surface area contributed by atoms with E-state index in [9.17, 15) is 14.0 Å². The van der Waals surface area contributed by atoms with E-state index in [4.69, 9.17) is 9.84 Å². The van der Waals surface area contributed by atoms with Gasteiger partial charge in [-0.05, 0) is 96.8 Å². The molecule has 0 radical (unpaired) electrons. The number of carbonyl (C=O) groups is 1. The molecule has 0 spiro atoms. The van der Waals surface area contributed by atoms with Gasteiger partial charge < -0.3 is 14.4 Å². The van der Waals surface area contributed by atoms with Gasteiger partial charge in [-0.1, -0.05) is 38.1 Å². The highest BCUT2D eigenvalue weighted by atomic mass is 28.4. The molecule has 6 rings (SSSR count). The van der Waals surface area contributed by atoms with Crippen molar-refractivity contribution >= 4 is 14.2 Å². The summed E-state index contributed by atoms with van der Waals surface area (Å²) in [6, 6.07) is 16.9. The predicted molar refractivity (Wildman–Crippen MR) is 172 cm³/mol. The maximum atomic E-state index is 14.5. The molecule has 4 aromatic rings. The van der Waals surface area contributed by atoms with Crippen LogP contribution in [0.5, 0.6) is 5.75 Å². The third kappa shape index (κ3) is 6.21. The maximum Gasteiger partial charge on any atom is 0.272 e. The zero-order valence-corrected chi connectivity index (χ0v) is 27.0. The Kier molecular flexibility index (Phi) is 8.19. The van der Waals surface area contributed by atoms with Crippen LogP contribution in [0.25, 0.3) is 22.4 Å². The van der Waals surface area contributed by atoms with E-state index in [1.165, 1.54) is 0 Å². The summed E-state index contributed by atoms with van der Waals surface area (Å²) in [4.78, 5) is 30.8. The van der Waals surface area contributed by atoms with Gasteiger partial charge in [-0.3, -0.25) is 14.5 Å². The molecule has 1 fully saturated rings. The molecule has 0 saturated heterocycles. The molecule has 2 aromatic heterocycles. The first-order valence-corrected chi connectivity index (χ1v) is 18.5. The molecule has 7 nitrogen and oxygen atoms in total. The van der Waals surface area contributed by atoms with E-state index in [0.717, 1.165) is 59.2 Å². The van der Waals surface area contributed by atoms with Gasteiger partial charge in [0.05, 0.1) is 6.54 Å². The van der Waals surface area contributed by atoms with Crippen LogP contribution in [0.15, 0.2) is 67.0 Å². The smallest absolute Gasteiger partial charge is 0.272 e. The Morgan fingerprint density at radius 3 is 2.41 bits per heavy atom. The van der Waals surface area contributed by atoms with Crippen LogP contribution in [-0.2, 0) is 13.2 Å². The van der Waals surface area contributed by atoms with Crippen molar-refractivity contribution in [3.63, 3.8) is 0 Å². The second-order valence-corrected chi connectivity index (χ2v) is 17.8. The van der Waals surface area contributed by atoms with Crippen molar-refractivity contribution in [1.82, 2.24) is 19.7 Å². The standard InChI is InChI=1S/C35H41FN4O3Si/c1-35(2,44(3,4)42)16-5-19-39-20-21-40-33(34(39)41)31(32(38-40)27-14-17-37-18-15-27)26-9-11-28(12-10-26)43-23-24-6-13-29(25-7-8-25)30(36)22-24/h6,9-15,17-18,22,25,42H,5,7-8,16,19-21,23H2,1-4H3. The molecule has 1 aliphatic carbocycles. The van der Waals surface area contributed by atoms with E-state index in [1.807, 2.05) is 71.2 Å². The van der Waals surface area contributed by atoms with Crippen LogP contribution < -0.4 is 4.74 Å². The first-order chi connectivity index (χ1) is 21.0. The van der Waals surface area contributed by atoms with Crippen LogP contribution >= 0.6 is 0 Å². The zero-order valence-electron chi connectivity index (χ0n) is 26.0. The molecule has 230 valence electrons. The van der Waals surface area contributed by atoms with E-state index >= 15 is 0 Å². The summed E-state index contributed by atoms with van der Waals surface area (Å²) in [6.07, 6.45) is 7.28. The molecule has 3 heterocycles. The summed E-state index contributed by atoms with van der Waals surface area (Å²) in [7, 11) is -2.32. The third-order valence-corrected chi connectivity index (χ3v) is 13.1. The van der Waals surface area contributed by atoms with Crippen LogP contribution in [0.4, 0.5) is 4.39 Å². The van der Waals surface area contributed by atoms with E-state index < -0.39 is 8.32 Å². The van der Waals surface area contributed by atoms with Gasteiger partial charge in [-0.2, -0.15) is 5.10 Å². The second-order valence-electron chi connectivity index (χ2n) is 13.3. The first kappa shape index (κ1) is 30.2. The number of amides is 1. The number of halogens is 1. The minimum absolute atomic E-state index is 0.0330. The zero-order chi connectivity index (χ0) is 31.1. The molecule has 2 aliphatic rings. The fraction of sp³-hybridized carbons (Fsp3) is 0.400. The highest BCUT2D eigenvalue weighted by Crippen LogP contribution is 2.42. The van der Waals surface area contributed by atoms with Crippen molar-refractivity contribution < 1.29 is 18.7 Å². The van der Waals surface area contributed by atoms with Crippen LogP contribution in [-0.4, -0.2) is 51.8 Å². The van der Waals surface area contributed by atoms with Crippen molar-refractivity contribution in [1.29, 1.82) is 0 Å². The topological polar surface area (TPSA) is 80.5 Å². The second kappa shape index (κ2) is 11.9. The van der Waals surface area contributed by atoms with Gasteiger partial charge in [0.2, 0.25) is 0 Å². The van der Waals surface area contributed by atoms with Crippen molar-refractivity contribution in [3.05, 3.63) is 89.6 Å². The number of ether oxygens (including phenoxy) is 1. The average molecular weight is 613 g/mol. The minimum Gasteiger partial charge on any atom is -0.489 e. The van der Waals surface area contributed by atoms with Crippen molar-refractivity contribution in [2.75, 3.05) is 13.1 Å². The molecule has 9 heteroatoms. The summed E-state index contributed by atoms with van der Waals surface area (Å²) in [6.45, 7) is 10.3. The molecule has 1 amide bonds. The molecule has 0 bridgehead atoms. The van der Waals surface area contributed by atoms with Gasteiger partial charge in [0.15, 0.2) is 8.32 Å². The monoisotopic (exact) mass is 612 g/mol. The molecule has 1 aliphatic heterocycles. The average Bonchev–Trinajstić information content (AvgIpc) is 3.76. The fourth-order valence-electron chi connectivity index (χ4n) is 5.79. The van der Waals surface area contributed by atoms with E-state index in [1.54, 1.807) is 18.5 Å². The summed E-state index contributed by atoms with van der Waals surface area (Å²) < 4.78 is 22.4. The Labute approximate surface area is 259 Å². The number of fused-ring (bicyclic) bond motifs is 1. The molecular formula is C35H41FN4O3Si. The molecule has 0 atom stereocenters. The molecule has 44 heavy (non-hydrogen) atoms. The van der Waals surface area contributed by atoms with E-state index in [2.05, 4.69) is 18.8 Å².